The summed E-state index contributed by atoms with van der Waals surface area (Å²) in [5, 5.41) is 0. The van der Waals surface area contributed by atoms with Gasteiger partial charge in [-0.15, -0.1) is 0 Å². The van der Waals surface area contributed by atoms with Crippen LogP contribution in [0.25, 0.3) is 0 Å². The number of hydrogen-bond donors (Lipinski definition) is 0. The number of halogens is 2. The minimum absolute atomic E-state index is 0.0797. The van der Waals surface area contributed by atoms with Crippen molar-refractivity contribution in [1.82, 2.24) is 4.67 Å². The number of ether oxygens (including phenoxy) is 3. The molecule has 0 bridgehead atoms. The van der Waals surface area contributed by atoms with Gasteiger partial charge in [0.05, 0.1) is 6.61 Å². The van der Waals surface area contributed by atoms with Gasteiger partial charge in [-0.25, -0.2) is 0 Å². The number of rotatable bonds is 13. The summed E-state index contributed by atoms with van der Waals surface area (Å²) in [6.07, 6.45) is 1.59. The zero-order valence-electron chi connectivity index (χ0n) is 18.5. The van der Waals surface area contributed by atoms with E-state index >= 15 is 0 Å². The minimum atomic E-state index is -0.839. The minimum Gasteiger partial charge on any atom is -0.385 e. The number of methoxy groups -OCH3 is 2. The quantitative estimate of drug-likeness (QED) is 0.116. The Kier molecular flexibility index (Phi) is 13.1. The highest BCUT2D eigenvalue weighted by atomic mass is 127. The Balaban J connectivity index is 3.24. The van der Waals surface area contributed by atoms with Crippen molar-refractivity contribution in [1.29, 1.82) is 0 Å². The molecule has 0 spiro atoms. The van der Waals surface area contributed by atoms with E-state index in [4.69, 9.17) is 21.8 Å². The zero-order valence-corrected chi connectivity index (χ0v) is 23.7. The third-order valence-corrected chi connectivity index (χ3v) is 9.03. The molecule has 1 saturated heterocycles. The highest BCUT2D eigenvalue weighted by Gasteiger charge is 2.58. The fraction of sp³-hybridized carbons (Fsp3) is 1.00. The van der Waals surface area contributed by atoms with Crippen LogP contribution in [0, 0.1) is 5.92 Å². The standard InChI is InChI=1S/C19H38I2NO5P/c1-13(2)19(12-25-21)17(16(24-8)18(20)26-19)27-28(11-9-10-23-7)22(14(3)4)15(5)6/h13-18H,9-12H2,1-8H3/t16?,17-,18?,19?,28?/m0/s1. The smallest absolute Gasteiger partial charge is 0.138 e. The van der Waals surface area contributed by atoms with E-state index in [-0.39, 0.29) is 22.2 Å². The van der Waals surface area contributed by atoms with Crippen LogP contribution in [0.4, 0.5) is 0 Å². The van der Waals surface area contributed by atoms with E-state index in [0.29, 0.717) is 18.7 Å². The summed E-state index contributed by atoms with van der Waals surface area (Å²) in [5.41, 5.74) is -0.533. The average Bonchev–Trinajstić information content (AvgIpc) is 2.86. The summed E-state index contributed by atoms with van der Waals surface area (Å²) in [4.78, 5) is 0. The molecule has 0 radical (unpaired) electrons. The molecular weight excluding hydrogens is 607 g/mol. The fourth-order valence-corrected chi connectivity index (χ4v) is 7.85. The van der Waals surface area contributed by atoms with Crippen LogP contribution in [0.1, 0.15) is 48.0 Å². The topological polar surface area (TPSA) is 49.4 Å². The molecule has 0 aromatic rings. The summed E-state index contributed by atoms with van der Waals surface area (Å²) in [7, 11) is 2.65. The van der Waals surface area contributed by atoms with Gasteiger partial charge in [-0.05, 0) is 62.6 Å². The van der Waals surface area contributed by atoms with E-state index in [1.165, 1.54) is 0 Å². The van der Waals surface area contributed by atoms with Crippen molar-refractivity contribution in [2.75, 3.05) is 33.6 Å². The summed E-state index contributed by atoms with van der Waals surface area (Å²) < 4.78 is 32.6. The van der Waals surface area contributed by atoms with Gasteiger partial charge in [0.25, 0.3) is 0 Å². The van der Waals surface area contributed by atoms with E-state index in [1.807, 2.05) is 23.0 Å². The molecular formula is C19H38I2NO5P. The van der Waals surface area contributed by atoms with Gasteiger partial charge in [0, 0.05) is 39.1 Å². The van der Waals surface area contributed by atoms with E-state index < -0.39 is 13.9 Å². The van der Waals surface area contributed by atoms with Gasteiger partial charge in [0.1, 0.15) is 53.2 Å². The SMILES string of the molecule is COCCCP(O[C@H]1C(OC)C(I)OC1(COI)C(C)C)N(C(C)C)C(C)C. The Morgan fingerprint density at radius 1 is 1.11 bits per heavy atom. The Morgan fingerprint density at radius 3 is 2.14 bits per heavy atom. The Labute approximate surface area is 200 Å². The van der Waals surface area contributed by atoms with Crippen LogP contribution in [0.3, 0.4) is 0 Å². The number of hydrogen-bond acceptors (Lipinski definition) is 6. The maximum atomic E-state index is 6.94. The second-order valence-corrected chi connectivity index (χ2v) is 11.7. The zero-order chi connectivity index (χ0) is 21.5. The van der Waals surface area contributed by atoms with Gasteiger partial charge in [-0.1, -0.05) is 13.8 Å². The maximum Gasteiger partial charge on any atom is 0.138 e. The van der Waals surface area contributed by atoms with Gasteiger partial charge in [0.2, 0.25) is 0 Å². The number of nitrogens with zero attached hydrogens (tertiary/aromatic N) is 1. The van der Waals surface area contributed by atoms with Crippen LogP contribution in [0.15, 0.2) is 0 Å². The van der Waals surface area contributed by atoms with Gasteiger partial charge in [-0.3, -0.25) is 4.67 Å². The van der Waals surface area contributed by atoms with Crippen molar-refractivity contribution in [3.8, 4) is 0 Å². The van der Waals surface area contributed by atoms with Gasteiger partial charge in [0.15, 0.2) is 0 Å². The molecule has 28 heavy (non-hydrogen) atoms. The lowest BCUT2D eigenvalue weighted by atomic mass is 9.85. The van der Waals surface area contributed by atoms with E-state index in [1.54, 1.807) is 14.2 Å². The molecule has 0 aromatic carbocycles. The molecule has 4 unspecified atom stereocenters. The van der Waals surface area contributed by atoms with Crippen molar-refractivity contribution in [2.24, 2.45) is 5.92 Å². The Morgan fingerprint density at radius 2 is 1.71 bits per heavy atom. The molecule has 6 nitrogen and oxygen atoms in total. The first kappa shape index (κ1) is 27.7. The summed E-state index contributed by atoms with van der Waals surface area (Å²) >= 11 is 4.27. The van der Waals surface area contributed by atoms with Gasteiger partial charge in [-0.2, -0.15) is 0 Å². The van der Waals surface area contributed by atoms with E-state index in [9.17, 15) is 0 Å². The van der Waals surface area contributed by atoms with E-state index in [0.717, 1.165) is 19.2 Å². The monoisotopic (exact) mass is 645 g/mol. The predicted molar refractivity (Wildman–Crippen MR) is 132 cm³/mol. The predicted octanol–water partition coefficient (Wildman–Crippen LogP) is 5.41. The normalized spacial score (nSPS) is 29.6. The molecule has 1 aliphatic heterocycles. The van der Waals surface area contributed by atoms with Crippen molar-refractivity contribution in [2.45, 2.75) is 82.0 Å². The van der Waals surface area contributed by atoms with Gasteiger partial charge >= 0.3 is 0 Å². The first-order valence-electron chi connectivity index (χ1n) is 9.95. The molecule has 1 aliphatic rings. The van der Waals surface area contributed by atoms with Crippen LogP contribution in [-0.2, 0) is 21.8 Å². The van der Waals surface area contributed by atoms with Crippen LogP contribution >= 0.6 is 53.9 Å². The summed E-state index contributed by atoms with van der Waals surface area (Å²) in [6.45, 7) is 14.5. The lowest BCUT2D eigenvalue weighted by molar-refractivity contribution is -0.105. The first-order chi connectivity index (χ1) is 13.2. The van der Waals surface area contributed by atoms with Crippen molar-refractivity contribution < 1.29 is 21.8 Å². The molecule has 0 aromatic heterocycles. The second kappa shape index (κ2) is 13.3. The van der Waals surface area contributed by atoms with Crippen molar-refractivity contribution >= 4 is 53.9 Å². The molecule has 1 fully saturated rings. The molecule has 5 atom stereocenters. The summed E-state index contributed by atoms with van der Waals surface area (Å²) in [5.74, 6) is 0.229. The molecule has 1 heterocycles. The molecule has 0 amide bonds. The molecule has 9 heteroatoms. The second-order valence-electron chi connectivity index (χ2n) is 8.05. The molecule has 1 rings (SSSR count). The third-order valence-electron chi connectivity index (χ3n) is 5.15. The van der Waals surface area contributed by atoms with E-state index in [2.05, 4.69) is 68.8 Å². The average molecular weight is 645 g/mol. The van der Waals surface area contributed by atoms with Crippen LogP contribution in [0.2, 0.25) is 0 Å². The third kappa shape index (κ3) is 6.82. The number of alkyl halides is 1. The van der Waals surface area contributed by atoms with Crippen LogP contribution in [-0.4, -0.2) is 72.3 Å². The lowest BCUT2D eigenvalue weighted by Crippen LogP contribution is -2.52. The van der Waals surface area contributed by atoms with Crippen LogP contribution < -0.4 is 0 Å². The summed E-state index contributed by atoms with van der Waals surface area (Å²) in [6, 6.07) is 0.781. The lowest BCUT2D eigenvalue weighted by Gasteiger charge is -2.43. The molecule has 0 aliphatic carbocycles. The molecule has 0 saturated carbocycles. The molecule has 168 valence electrons. The van der Waals surface area contributed by atoms with Crippen molar-refractivity contribution in [3.05, 3.63) is 0 Å². The van der Waals surface area contributed by atoms with Crippen molar-refractivity contribution in [3.63, 3.8) is 0 Å². The highest BCUT2D eigenvalue weighted by Crippen LogP contribution is 2.53. The Hall–Kier alpha value is 1.65. The van der Waals surface area contributed by atoms with Gasteiger partial charge < -0.3 is 21.8 Å². The maximum absolute atomic E-state index is 6.94. The highest BCUT2D eigenvalue weighted by molar-refractivity contribution is 14.1. The largest absolute Gasteiger partial charge is 0.385 e. The fourth-order valence-electron chi connectivity index (χ4n) is 3.78. The molecule has 0 N–H and O–H groups in total. The van der Waals surface area contributed by atoms with Crippen LogP contribution in [0.5, 0.6) is 0 Å². The first-order valence-corrected chi connectivity index (χ1v) is 13.5. The Bertz CT molecular complexity index is 439.